The fraction of sp³-hybridized carbons (Fsp3) is 0.824. The summed E-state index contributed by atoms with van der Waals surface area (Å²) in [4.78, 5) is 14.8. The molecule has 1 unspecified atom stereocenters. The molecule has 2 fully saturated rings. The fourth-order valence-corrected chi connectivity index (χ4v) is 3.52. The van der Waals surface area contributed by atoms with Gasteiger partial charge in [0.05, 0.1) is 0 Å². The molecule has 1 amide bonds. The van der Waals surface area contributed by atoms with Crippen molar-refractivity contribution in [3.05, 3.63) is 11.6 Å². The summed E-state index contributed by atoms with van der Waals surface area (Å²) in [7, 11) is 0. The van der Waals surface area contributed by atoms with Crippen LogP contribution in [0.5, 0.6) is 0 Å². The van der Waals surface area contributed by atoms with E-state index in [1.807, 2.05) is 0 Å². The first-order valence-electron chi connectivity index (χ1n) is 8.53. The molecule has 1 saturated carbocycles. The second kappa shape index (κ2) is 6.75. The molecule has 1 atom stereocenters. The van der Waals surface area contributed by atoms with E-state index in [1.54, 1.807) is 0 Å². The molecular weight excluding hydrogens is 248 g/mol. The molecule has 0 spiro atoms. The summed E-state index contributed by atoms with van der Waals surface area (Å²) < 4.78 is 0. The molecule has 0 radical (unpaired) electrons. The zero-order valence-corrected chi connectivity index (χ0v) is 12.6. The molecule has 0 aromatic carbocycles. The normalized spacial score (nSPS) is 27.0. The van der Waals surface area contributed by atoms with E-state index in [2.05, 4.69) is 16.3 Å². The molecule has 2 aliphatic carbocycles. The third-order valence-electron chi connectivity index (χ3n) is 4.90. The lowest BCUT2D eigenvalue weighted by atomic mass is 9.96. The van der Waals surface area contributed by atoms with E-state index in [4.69, 9.17) is 0 Å². The summed E-state index contributed by atoms with van der Waals surface area (Å²) >= 11 is 0. The van der Waals surface area contributed by atoms with Crippen molar-refractivity contribution in [2.45, 2.75) is 76.3 Å². The minimum atomic E-state index is 0.382. The van der Waals surface area contributed by atoms with Crippen LogP contribution < -0.4 is 5.32 Å². The number of allylic oxidation sites excluding steroid dienone is 1. The van der Waals surface area contributed by atoms with Crippen LogP contribution in [0.2, 0.25) is 0 Å². The molecule has 3 nitrogen and oxygen atoms in total. The summed E-state index contributed by atoms with van der Waals surface area (Å²) in [5.74, 6) is 0.382. The molecule has 3 rings (SSSR count). The number of hydrogen-bond acceptors (Lipinski definition) is 2. The van der Waals surface area contributed by atoms with Gasteiger partial charge in [-0.05, 0) is 57.9 Å². The van der Waals surface area contributed by atoms with Crippen LogP contribution in [0.3, 0.4) is 0 Å². The molecule has 20 heavy (non-hydrogen) atoms. The summed E-state index contributed by atoms with van der Waals surface area (Å²) in [5, 5.41) is 3.58. The Hall–Kier alpha value is -0.830. The van der Waals surface area contributed by atoms with Crippen LogP contribution in [0.25, 0.3) is 0 Å². The SMILES string of the molecule is O=C(CC1=CCCCC1)N(CC1CCCCN1)C1CC1. The molecule has 0 bridgehead atoms. The largest absolute Gasteiger partial charge is 0.338 e. The van der Waals surface area contributed by atoms with Crippen molar-refractivity contribution in [3.63, 3.8) is 0 Å². The van der Waals surface area contributed by atoms with E-state index in [9.17, 15) is 4.79 Å². The van der Waals surface area contributed by atoms with E-state index < -0.39 is 0 Å². The van der Waals surface area contributed by atoms with Crippen LogP contribution in [0.4, 0.5) is 0 Å². The van der Waals surface area contributed by atoms with Crippen LogP contribution >= 0.6 is 0 Å². The van der Waals surface area contributed by atoms with E-state index in [0.29, 0.717) is 24.4 Å². The number of piperidine rings is 1. The number of nitrogens with one attached hydrogen (secondary N) is 1. The Labute approximate surface area is 122 Å². The molecule has 1 aliphatic heterocycles. The van der Waals surface area contributed by atoms with Gasteiger partial charge in [0.2, 0.25) is 5.91 Å². The van der Waals surface area contributed by atoms with Gasteiger partial charge in [-0.15, -0.1) is 0 Å². The minimum absolute atomic E-state index is 0.382. The molecular formula is C17H28N2O. The van der Waals surface area contributed by atoms with Gasteiger partial charge in [0.1, 0.15) is 0 Å². The Morgan fingerprint density at radius 1 is 1.20 bits per heavy atom. The molecule has 1 N–H and O–H groups in total. The van der Waals surface area contributed by atoms with Crippen LogP contribution in [-0.2, 0) is 4.79 Å². The lowest BCUT2D eigenvalue weighted by Gasteiger charge is -2.31. The van der Waals surface area contributed by atoms with Gasteiger partial charge in [-0.1, -0.05) is 18.1 Å². The van der Waals surface area contributed by atoms with Crippen molar-refractivity contribution >= 4 is 5.91 Å². The van der Waals surface area contributed by atoms with Gasteiger partial charge in [0, 0.05) is 25.0 Å². The molecule has 1 heterocycles. The second-order valence-corrected chi connectivity index (χ2v) is 6.71. The van der Waals surface area contributed by atoms with Gasteiger partial charge in [0.25, 0.3) is 0 Å². The first-order chi connectivity index (χ1) is 9.83. The van der Waals surface area contributed by atoms with Crippen LogP contribution in [-0.4, -0.2) is 36.0 Å². The predicted molar refractivity (Wildman–Crippen MR) is 81.5 cm³/mol. The summed E-state index contributed by atoms with van der Waals surface area (Å²) in [6.45, 7) is 2.07. The maximum Gasteiger partial charge on any atom is 0.226 e. The Morgan fingerprint density at radius 2 is 2.10 bits per heavy atom. The molecule has 3 aliphatic rings. The highest BCUT2D eigenvalue weighted by atomic mass is 16.2. The summed E-state index contributed by atoms with van der Waals surface area (Å²) in [6, 6.07) is 1.09. The van der Waals surface area contributed by atoms with Crippen LogP contribution in [0, 0.1) is 0 Å². The van der Waals surface area contributed by atoms with Crippen molar-refractivity contribution in [2.24, 2.45) is 0 Å². The number of carbonyl (C=O) groups excluding carboxylic acids is 1. The third kappa shape index (κ3) is 3.85. The Morgan fingerprint density at radius 3 is 2.75 bits per heavy atom. The highest BCUT2D eigenvalue weighted by molar-refractivity contribution is 5.79. The highest BCUT2D eigenvalue weighted by Gasteiger charge is 2.34. The highest BCUT2D eigenvalue weighted by Crippen LogP contribution is 2.30. The standard InChI is InChI=1S/C17H28N2O/c20-17(12-14-6-2-1-3-7-14)19(16-9-10-16)13-15-8-4-5-11-18-15/h6,15-16,18H,1-5,7-13H2. The van der Waals surface area contributed by atoms with Gasteiger partial charge in [-0.3, -0.25) is 4.79 Å². The van der Waals surface area contributed by atoms with Crippen molar-refractivity contribution in [1.82, 2.24) is 10.2 Å². The van der Waals surface area contributed by atoms with Crippen molar-refractivity contribution in [1.29, 1.82) is 0 Å². The number of amides is 1. The Bertz CT molecular complexity index is 367. The smallest absolute Gasteiger partial charge is 0.226 e. The quantitative estimate of drug-likeness (QED) is 0.783. The Kier molecular flexibility index (Phi) is 4.77. The number of hydrogen-bond donors (Lipinski definition) is 1. The zero-order valence-electron chi connectivity index (χ0n) is 12.6. The average molecular weight is 276 g/mol. The van der Waals surface area contributed by atoms with E-state index in [1.165, 1.54) is 56.9 Å². The Balaban J connectivity index is 1.55. The van der Waals surface area contributed by atoms with E-state index in [-0.39, 0.29) is 0 Å². The molecule has 0 aromatic rings. The third-order valence-corrected chi connectivity index (χ3v) is 4.90. The number of rotatable bonds is 5. The van der Waals surface area contributed by atoms with Gasteiger partial charge in [-0.25, -0.2) is 0 Å². The van der Waals surface area contributed by atoms with Gasteiger partial charge >= 0.3 is 0 Å². The molecule has 1 saturated heterocycles. The summed E-state index contributed by atoms with van der Waals surface area (Å²) in [5.41, 5.74) is 1.39. The first-order valence-corrected chi connectivity index (χ1v) is 8.53. The topological polar surface area (TPSA) is 32.3 Å². The van der Waals surface area contributed by atoms with Crippen LogP contribution in [0.1, 0.15) is 64.2 Å². The lowest BCUT2D eigenvalue weighted by Crippen LogP contribution is -2.46. The second-order valence-electron chi connectivity index (χ2n) is 6.71. The lowest BCUT2D eigenvalue weighted by molar-refractivity contribution is -0.131. The van der Waals surface area contributed by atoms with Gasteiger partial charge in [-0.2, -0.15) is 0 Å². The predicted octanol–water partition coefficient (Wildman–Crippen LogP) is 3.01. The van der Waals surface area contributed by atoms with Crippen molar-refractivity contribution in [2.75, 3.05) is 13.1 Å². The zero-order chi connectivity index (χ0) is 13.8. The number of nitrogens with zero attached hydrogens (tertiary/aromatic N) is 1. The van der Waals surface area contributed by atoms with Crippen molar-refractivity contribution < 1.29 is 4.79 Å². The maximum absolute atomic E-state index is 12.6. The summed E-state index contributed by atoms with van der Waals surface area (Å²) in [6.07, 6.45) is 14.2. The fourth-order valence-electron chi connectivity index (χ4n) is 3.52. The van der Waals surface area contributed by atoms with Crippen molar-refractivity contribution in [3.8, 4) is 0 Å². The monoisotopic (exact) mass is 276 g/mol. The molecule has 3 heteroatoms. The minimum Gasteiger partial charge on any atom is -0.338 e. The molecule has 0 aromatic heterocycles. The van der Waals surface area contributed by atoms with Crippen LogP contribution in [0.15, 0.2) is 11.6 Å². The van der Waals surface area contributed by atoms with Gasteiger partial charge < -0.3 is 10.2 Å². The number of carbonyl (C=O) groups is 1. The maximum atomic E-state index is 12.6. The van der Waals surface area contributed by atoms with Gasteiger partial charge in [0.15, 0.2) is 0 Å². The average Bonchev–Trinajstić information content (AvgIpc) is 3.31. The van der Waals surface area contributed by atoms with E-state index in [0.717, 1.165) is 19.5 Å². The first kappa shape index (κ1) is 14.1. The molecule has 112 valence electrons. The van der Waals surface area contributed by atoms with E-state index >= 15 is 0 Å².